The Morgan fingerprint density at radius 2 is 1.93 bits per heavy atom. The Bertz CT molecular complexity index is 308. The van der Waals surface area contributed by atoms with E-state index in [1.807, 2.05) is 0 Å². The van der Waals surface area contributed by atoms with Crippen molar-refractivity contribution < 1.29 is 4.74 Å². The maximum absolute atomic E-state index is 5.87. The second-order valence-electron chi connectivity index (χ2n) is 4.47. The van der Waals surface area contributed by atoms with E-state index in [9.17, 15) is 0 Å². The van der Waals surface area contributed by atoms with Crippen molar-refractivity contribution in [2.75, 3.05) is 13.7 Å². The van der Waals surface area contributed by atoms with Gasteiger partial charge >= 0.3 is 0 Å². The third kappa shape index (κ3) is 1.92. The summed E-state index contributed by atoms with van der Waals surface area (Å²) in [5.74, 6) is 0. The topological polar surface area (TPSA) is 35.2 Å². The first-order valence-corrected chi connectivity index (χ1v) is 5.59. The number of ether oxygens (including phenoxy) is 1. The van der Waals surface area contributed by atoms with Crippen molar-refractivity contribution in [1.82, 2.24) is 0 Å². The van der Waals surface area contributed by atoms with Crippen molar-refractivity contribution in [3.8, 4) is 0 Å². The van der Waals surface area contributed by atoms with Gasteiger partial charge in [-0.15, -0.1) is 0 Å². The summed E-state index contributed by atoms with van der Waals surface area (Å²) in [5.41, 5.74) is 8.78. The Morgan fingerprint density at radius 1 is 1.27 bits per heavy atom. The van der Waals surface area contributed by atoms with Crippen molar-refractivity contribution >= 4 is 0 Å². The molecule has 0 aromatic heterocycles. The molecule has 82 valence electrons. The SMILES string of the molecule is COCc1ccc(C2(CN)CCC2)cc1. The summed E-state index contributed by atoms with van der Waals surface area (Å²) in [5, 5.41) is 0. The van der Waals surface area contributed by atoms with Crippen LogP contribution < -0.4 is 5.73 Å². The smallest absolute Gasteiger partial charge is 0.0713 e. The van der Waals surface area contributed by atoms with Gasteiger partial charge in [0.1, 0.15) is 0 Å². The Balaban J connectivity index is 2.15. The van der Waals surface area contributed by atoms with Gasteiger partial charge in [0, 0.05) is 19.1 Å². The van der Waals surface area contributed by atoms with Gasteiger partial charge in [-0.2, -0.15) is 0 Å². The Hall–Kier alpha value is -0.860. The highest BCUT2D eigenvalue weighted by atomic mass is 16.5. The van der Waals surface area contributed by atoms with E-state index in [1.165, 1.54) is 30.4 Å². The van der Waals surface area contributed by atoms with Crippen molar-refractivity contribution in [3.05, 3.63) is 35.4 Å². The van der Waals surface area contributed by atoms with Gasteiger partial charge in [-0.05, 0) is 24.0 Å². The average molecular weight is 205 g/mol. The number of hydrogen-bond donors (Lipinski definition) is 1. The van der Waals surface area contributed by atoms with Gasteiger partial charge in [0.15, 0.2) is 0 Å². The van der Waals surface area contributed by atoms with E-state index in [0.717, 1.165) is 6.54 Å². The van der Waals surface area contributed by atoms with Crippen LogP contribution in [0.4, 0.5) is 0 Å². The van der Waals surface area contributed by atoms with Crippen LogP contribution in [0.25, 0.3) is 0 Å². The number of rotatable bonds is 4. The van der Waals surface area contributed by atoms with Gasteiger partial charge < -0.3 is 10.5 Å². The molecular formula is C13H19NO. The number of nitrogens with two attached hydrogens (primary N) is 1. The molecule has 2 heteroatoms. The molecule has 1 aromatic carbocycles. The van der Waals surface area contributed by atoms with Gasteiger partial charge in [0.2, 0.25) is 0 Å². The lowest BCUT2D eigenvalue weighted by Gasteiger charge is -2.41. The molecule has 0 saturated heterocycles. The third-order valence-corrected chi connectivity index (χ3v) is 3.58. The summed E-state index contributed by atoms with van der Waals surface area (Å²) >= 11 is 0. The van der Waals surface area contributed by atoms with Crippen LogP contribution in [0.1, 0.15) is 30.4 Å². The molecule has 2 N–H and O–H groups in total. The molecule has 2 nitrogen and oxygen atoms in total. The van der Waals surface area contributed by atoms with Gasteiger partial charge in [-0.3, -0.25) is 0 Å². The zero-order valence-electron chi connectivity index (χ0n) is 9.33. The molecule has 1 saturated carbocycles. The highest BCUT2D eigenvalue weighted by molar-refractivity contribution is 5.31. The van der Waals surface area contributed by atoms with Crippen molar-refractivity contribution in [3.63, 3.8) is 0 Å². The van der Waals surface area contributed by atoms with E-state index in [1.54, 1.807) is 7.11 Å². The summed E-state index contributed by atoms with van der Waals surface area (Å²) < 4.78 is 5.10. The van der Waals surface area contributed by atoms with Crippen LogP contribution in [0.3, 0.4) is 0 Å². The van der Waals surface area contributed by atoms with Gasteiger partial charge in [0.25, 0.3) is 0 Å². The van der Waals surface area contributed by atoms with E-state index < -0.39 is 0 Å². The Kier molecular flexibility index (Phi) is 3.08. The fraction of sp³-hybridized carbons (Fsp3) is 0.538. The van der Waals surface area contributed by atoms with Gasteiger partial charge in [-0.25, -0.2) is 0 Å². The maximum Gasteiger partial charge on any atom is 0.0713 e. The van der Waals surface area contributed by atoms with Crippen molar-refractivity contribution in [2.24, 2.45) is 5.73 Å². The molecular weight excluding hydrogens is 186 g/mol. The monoisotopic (exact) mass is 205 g/mol. The zero-order valence-corrected chi connectivity index (χ0v) is 9.33. The Morgan fingerprint density at radius 3 is 2.33 bits per heavy atom. The van der Waals surface area contributed by atoms with Crippen LogP contribution in [0, 0.1) is 0 Å². The molecule has 15 heavy (non-hydrogen) atoms. The molecule has 1 fully saturated rings. The first-order valence-electron chi connectivity index (χ1n) is 5.59. The minimum Gasteiger partial charge on any atom is -0.380 e. The standard InChI is InChI=1S/C13H19NO/c1-15-9-11-3-5-12(6-4-11)13(10-14)7-2-8-13/h3-6H,2,7-10,14H2,1H3. The fourth-order valence-corrected chi connectivity index (χ4v) is 2.34. The number of methoxy groups -OCH3 is 1. The molecule has 1 aliphatic carbocycles. The quantitative estimate of drug-likeness (QED) is 0.818. The van der Waals surface area contributed by atoms with Crippen LogP contribution in [-0.2, 0) is 16.8 Å². The molecule has 0 unspecified atom stereocenters. The van der Waals surface area contributed by atoms with Crippen LogP contribution in [0.2, 0.25) is 0 Å². The average Bonchev–Trinajstić information content (AvgIpc) is 2.20. The maximum atomic E-state index is 5.87. The van der Waals surface area contributed by atoms with Crippen molar-refractivity contribution in [2.45, 2.75) is 31.3 Å². The lowest BCUT2D eigenvalue weighted by atomic mass is 9.64. The second kappa shape index (κ2) is 4.33. The van der Waals surface area contributed by atoms with Crippen LogP contribution >= 0.6 is 0 Å². The molecule has 0 atom stereocenters. The van der Waals surface area contributed by atoms with E-state index in [4.69, 9.17) is 10.5 Å². The molecule has 1 aromatic rings. The summed E-state index contributed by atoms with van der Waals surface area (Å²) in [7, 11) is 1.72. The third-order valence-electron chi connectivity index (χ3n) is 3.58. The molecule has 0 heterocycles. The van der Waals surface area contributed by atoms with Crippen LogP contribution in [0.15, 0.2) is 24.3 Å². The highest BCUT2D eigenvalue weighted by Crippen LogP contribution is 2.42. The number of benzene rings is 1. The predicted molar refractivity (Wildman–Crippen MR) is 61.7 cm³/mol. The lowest BCUT2D eigenvalue weighted by molar-refractivity contribution is 0.184. The molecule has 0 spiro atoms. The first kappa shape index (κ1) is 10.7. The highest BCUT2D eigenvalue weighted by Gasteiger charge is 2.36. The normalized spacial score (nSPS) is 18.5. The second-order valence-corrected chi connectivity index (χ2v) is 4.47. The molecule has 0 aliphatic heterocycles. The Labute approximate surface area is 91.4 Å². The summed E-state index contributed by atoms with van der Waals surface area (Å²) in [4.78, 5) is 0. The minimum absolute atomic E-state index is 0.283. The molecule has 0 bridgehead atoms. The largest absolute Gasteiger partial charge is 0.380 e. The van der Waals surface area contributed by atoms with E-state index in [-0.39, 0.29) is 5.41 Å². The van der Waals surface area contributed by atoms with Crippen molar-refractivity contribution in [1.29, 1.82) is 0 Å². The molecule has 1 aliphatic rings. The lowest BCUT2D eigenvalue weighted by Crippen LogP contribution is -2.41. The first-order chi connectivity index (χ1) is 7.30. The number of hydrogen-bond acceptors (Lipinski definition) is 2. The summed E-state index contributed by atoms with van der Waals surface area (Å²) in [6.45, 7) is 1.46. The molecule has 0 radical (unpaired) electrons. The van der Waals surface area contributed by atoms with E-state index in [0.29, 0.717) is 6.61 Å². The van der Waals surface area contributed by atoms with Crippen LogP contribution in [-0.4, -0.2) is 13.7 Å². The summed E-state index contributed by atoms with van der Waals surface area (Å²) in [6.07, 6.45) is 3.80. The predicted octanol–water partition coefficient (Wildman–Crippen LogP) is 2.21. The van der Waals surface area contributed by atoms with Crippen LogP contribution in [0.5, 0.6) is 0 Å². The van der Waals surface area contributed by atoms with Gasteiger partial charge in [0.05, 0.1) is 6.61 Å². The van der Waals surface area contributed by atoms with E-state index >= 15 is 0 Å². The fourth-order valence-electron chi connectivity index (χ4n) is 2.34. The molecule has 0 amide bonds. The minimum atomic E-state index is 0.283. The van der Waals surface area contributed by atoms with E-state index in [2.05, 4.69) is 24.3 Å². The van der Waals surface area contributed by atoms with Gasteiger partial charge in [-0.1, -0.05) is 30.7 Å². The zero-order chi connectivity index (χ0) is 10.7. The summed E-state index contributed by atoms with van der Waals surface area (Å²) in [6, 6.07) is 8.71. The molecule has 2 rings (SSSR count).